The highest BCUT2D eigenvalue weighted by Gasteiger charge is 2.68. The first-order chi connectivity index (χ1) is 5.06. The lowest BCUT2D eigenvalue weighted by molar-refractivity contribution is -0.252. The van der Waals surface area contributed by atoms with E-state index in [9.17, 15) is 30.6 Å². The molecule has 0 spiro atoms. The molecule has 0 aliphatic carbocycles. The second-order valence-corrected chi connectivity index (χ2v) is 1.91. The first-order valence-electron chi connectivity index (χ1n) is 2.43. The topological polar surface area (TPSA) is 23.8 Å². The van der Waals surface area contributed by atoms with Gasteiger partial charge in [0.25, 0.3) is 5.82 Å². The summed E-state index contributed by atoms with van der Waals surface area (Å²) in [7, 11) is 0. The Balaban J connectivity index is 5.02. The highest BCUT2D eigenvalue weighted by Crippen LogP contribution is 2.43. The molecular weight excluding hydrogens is 194 g/mol. The highest BCUT2D eigenvalue weighted by atomic mass is 19.4. The second kappa shape index (κ2) is 2.53. The summed E-state index contributed by atoms with van der Waals surface area (Å²) in [5.41, 5.74) is 0. The molecule has 0 amide bonds. The van der Waals surface area contributed by atoms with Crippen LogP contribution in [0.3, 0.4) is 0 Å². The normalized spacial score (nSPS) is 14.2. The van der Waals surface area contributed by atoms with Crippen LogP contribution in [0.1, 0.15) is 0 Å². The summed E-state index contributed by atoms with van der Waals surface area (Å²) in [5.74, 6) is -6.60. The van der Waals surface area contributed by atoms with Crippen molar-refractivity contribution in [2.45, 2.75) is 12.0 Å². The number of hydrogen-bond acceptors (Lipinski definition) is 1. The summed E-state index contributed by atoms with van der Waals surface area (Å²) in [6.07, 6.45) is -6.40. The van der Waals surface area contributed by atoms with E-state index in [1.165, 1.54) is 0 Å². The van der Waals surface area contributed by atoms with E-state index in [0.717, 1.165) is 0 Å². The Kier molecular flexibility index (Phi) is 2.34. The predicted molar refractivity (Wildman–Crippen MR) is 24.6 cm³/mol. The molecule has 0 unspecified atom stereocenters. The summed E-state index contributed by atoms with van der Waals surface area (Å²) < 4.78 is 80.0. The van der Waals surface area contributed by atoms with Crippen LogP contribution in [0.2, 0.25) is 0 Å². The van der Waals surface area contributed by atoms with E-state index >= 15 is 0 Å². The smallest absolute Gasteiger partial charge is 0.461 e. The minimum Gasteiger partial charge on any atom is -0.461 e. The Bertz CT molecular complexity index is 212. The van der Waals surface area contributed by atoms with Gasteiger partial charge in [0.05, 0.1) is 0 Å². The molecule has 0 N–H and O–H groups in total. The third-order valence-electron chi connectivity index (χ3n) is 0.995. The molecule has 0 bridgehead atoms. The number of alkyl halides is 5. The molecule has 1 nitrogen and oxygen atoms in total. The van der Waals surface area contributed by atoms with Crippen molar-refractivity contribution in [1.82, 2.24) is 0 Å². The molecule has 0 aromatic rings. The minimum atomic E-state index is -6.40. The monoisotopic (exact) mass is 194 g/mol. The van der Waals surface area contributed by atoms with Crippen molar-refractivity contribution in [2.24, 2.45) is 0 Å². The van der Waals surface area contributed by atoms with Crippen molar-refractivity contribution in [1.29, 1.82) is 5.26 Å². The van der Waals surface area contributed by atoms with E-state index in [-0.39, 0.29) is 5.97 Å². The molecule has 0 rings (SSSR count). The van der Waals surface area contributed by atoms with E-state index < -0.39 is 18.7 Å². The summed E-state index contributed by atoms with van der Waals surface area (Å²) >= 11 is 0. The van der Waals surface area contributed by atoms with E-state index in [0.29, 0.717) is 0 Å². The molecule has 0 aliphatic rings. The predicted octanol–water partition coefficient (Wildman–Crippen LogP) is 2.17. The number of hydrogen-bond donors (Lipinski definition) is 0. The minimum absolute atomic E-state index is 0.353. The molecule has 0 saturated carbocycles. The van der Waals surface area contributed by atoms with Crippen LogP contribution in [0.15, 0.2) is 0 Å². The Hall–Kier alpha value is -0.935. The lowest BCUT2D eigenvalue weighted by Crippen LogP contribution is -2.55. The fourth-order valence-corrected chi connectivity index (χ4v) is 0.287. The van der Waals surface area contributed by atoms with Gasteiger partial charge in [0.15, 0.2) is 0 Å². The van der Waals surface area contributed by atoms with Crippen LogP contribution in [0.4, 0.5) is 30.6 Å². The van der Waals surface area contributed by atoms with Gasteiger partial charge in [-0.2, -0.15) is 13.2 Å². The van der Waals surface area contributed by atoms with Crippen molar-refractivity contribution in [2.75, 3.05) is 0 Å². The average Bonchev–Trinajstić information content (AvgIpc) is 1.85. The van der Waals surface area contributed by atoms with Crippen molar-refractivity contribution in [3.63, 3.8) is 0 Å². The molecule has 0 radical (unpaired) electrons. The molecule has 0 aromatic heterocycles. The molecule has 0 atom stereocenters. The second-order valence-electron chi connectivity index (χ2n) is 1.91. The third kappa shape index (κ3) is 1.46. The van der Waals surface area contributed by atoms with Crippen LogP contribution >= 0.6 is 0 Å². The third-order valence-corrected chi connectivity index (χ3v) is 0.995. The van der Waals surface area contributed by atoms with Crippen molar-refractivity contribution in [3.8, 4) is 5.97 Å². The Morgan fingerprint density at radius 3 is 1.42 bits per heavy atom. The fourth-order valence-electron chi connectivity index (χ4n) is 0.287. The lowest BCUT2D eigenvalue weighted by Gasteiger charge is -2.29. The molecule has 0 saturated heterocycles. The number of nitriles is 1. The van der Waals surface area contributed by atoms with Gasteiger partial charge in [0, 0.05) is 0 Å². The molecule has 0 heterocycles. The lowest BCUT2D eigenvalue weighted by atomic mass is 9.59. The van der Waals surface area contributed by atoms with Crippen LogP contribution in [-0.4, -0.2) is 18.7 Å². The largest absolute Gasteiger partial charge is 0.484 e. The first-order valence-corrected chi connectivity index (χ1v) is 2.43. The maximum Gasteiger partial charge on any atom is 0.484 e. The van der Waals surface area contributed by atoms with E-state index in [2.05, 4.69) is 0 Å². The van der Waals surface area contributed by atoms with Gasteiger partial charge in [-0.15, -0.1) is 0 Å². The maximum absolute atomic E-state index is 11.7. The van der Waals surface area contributed by atoms with Gasteiger partial charge < -0.3 is 8.63 Å². The molecule has 12 heavy (non-hydrogen) atoms. The SMILES string of the molecule is N#C[B-](F)(F)C(F)(F)C(F)(F)F. The summed E-state index contributed by atoms with van der Waals surface area (Å²) in [5, 5.41) is 7.34. The van der Waals surface area contributed by atoms with Crippen LogP contribution in [0.25, 0.3) is 0 Å². The van der Waals surface area contributed by atoms with Gasteiger partial charge in [-0.05, 0) is 0 Å². The van der Waals surface area contributed by atoms with Gasteiger partial charge in [0.1, 0.15) is 0 Å². The van der Waals surface area contributed by atoms with Gasteiger partial charge in [-0.3, -0.25) is 0 Å². The van der Waals surface area contributed by atoms with Crippen LogP contribution < -0.4 is 0 Å². The summed E-state index contributed by atoms with van der Waals surface area (Å²) in [4.78, 5) is 0. The zero-order chi connectivity index (χ0) is 10.2. The van der Waals surface area contributed by atoms with Crippen molar-refractivity contribution >= 4 is 6.70 Å². The molecule has 0 aromatic carbocycles. The Morgan fingerprint density at radius 2 is 1.33 bits per heavy atom. The Morgan fingerprint density at radius 1 is 1.00 bits per heavy atom. The average molecular weight is 194 g/mol. The Labute approximate surface area is 61.8 Å². The van der Waals surface area contributed by atoms with E-state index in [1.807, 2.05) is 0 Å². The molecule has 0 aliphatic heterocycles. The molecule has 0 fully saturated rings. The van der Waals surface area contributed by atoms with Gasteiger partial charge in [0.2, 0.25) is 0 Å². The van der Waals surface area contributed by atoms with Gasteiger partial charge in [-0.25, -0.2) is 14.0 Å². The van der Waals surface area contributed by atoms with Crippen LogP contribution in [-0.2, 0) is 0 Å². The zero-order valence-electron chi connectivity index (χ0n) is 5.17. The summed E-state index contributed by atoms with van der Waals surface area (Å²) in [6.45, 7) is -6.39. The first kappa shape index (κ1) is 11.1. The summed E-state index contributed by atoms with van der Waals surface area (Å²) in [6, 6.07) is 0. The zero-order valence-corrected chi connectivity index (χ0v) is 5.17. The molecule has 9 heteroatoms. The van der Waals surface area contributed by atoms with Crippen LogP contribution in [0.5, 0.6) is 0 Å². The fraction of sp³-hybridized carbons (Fsp3) is 0.667. The standard InChI is InChI=1S/C3BF7N/c5-2(6,3(7,8)9)4(10,11)1-12/q-1. The van der Waals surface area contributed by atoms with E-state index in [1.54, 1.807) is 0 Å². The van der Waals surface area contributed by atoms with Crippen molar-refractivity contribution in [3.05, 3.63) is 0 Å². The van der Waals surface area contributed by atoms with Crippen LogP contribution in [0, 0.1) is 11.2 Å². The number of rotatable bonds is 1. The van der Waals surface area contributed by atoms with Gasteiger partial charge >= 0.3 is 12.9 Å². The maximum atomic E-state index is 11.7. The highest BCUT2D eigenvalue weighted by molar-refractivity contribution is 6.76. The van der Waals surface area contributed by atoms with Crippen molar-refractivity contribution < 1.29 is 30.6 Å². The number of nitrogens with zero attached hydrogens (tertiary/aromatic N) is 1. The quantitative estimate of drug-likeness (QED) is 0.463. The molecular formula is C3BF7N-. The molecule has 70 valence electrons. The van der Waals surface area contributed by atoms with E-state index in [4.69, 9.17) is 5.26 Å². The van der Waals surface area contributed by atoms with Gasteiger partial charge in [-0.1, -0.05) is 5.97 Å². The number of halogens is 7.